The number of carboxylic acids is 1. The third-order valence-corrected chi connectivity index (χ3v) is 3.44. The Bertz CT molecular complexity index is 221. The van der Waals surface area contributed by atoms with E-state index in [0.29, 0.717) is 6.54 Å². The van der Waals surface area contributed by atoms with E-state index in [-0.39, 0.29) is 6.04 Å². The van der Waals surface area contributed by atoms with Crippen molar-refractivity contribution >= 4 is 5.97 Å². The molecule has 0 saturated carbocycles. The minimum atomic E-state index is -0.691. The lowest BCUT2D eigenvalue weighted by Crippen LogP contribution is -2.55. The molecular weight excluding hydrogens is 216 g/mol. The van der Waals surface area contributed by atoms with Crippen LogP contribution in [0.2, 0.25) is 0 Å². The third-order valence-electron chi connectivity index (χ3n) is 3.44. The molecule has 1 atom stereocenters. The summed E-state index contributed by atoms with van der Waals surface area (Å²) < 4.78 is 0. The van der Waals surface area contributed by atoms with Crippen LogP contribution in [-0.4, -0.2) is 48.2 Å². The smallest absolute Gasteiger partial charge is 0.322 e. The Balaban J connectivity index is 2.13. The minimum absolute atomic E-state index is 0.320. The Morgan fingerprint density at radius 3 is 2.71 bits per heavy atom. The first kappa shape index (κ1) is 14.5. The van der Waals surface area contributed by atoms with Gasteiger partial charge in [0.2, 0.25) is 0 Å². The first-order valence-electron chi connectivity index (χ1n) is 6.93. The van der Waals surface area contributed by atoms with Crippen LogP contribution in [-0.2, 0) is 4.79 Å². The van der Waals surface area contributed by atoms with E-state index < -0.39 is 5.97 Å². The number of aliphatic carboxylic acids is 1. The van der Waals surface area contributed by atoms with Gasteiger partial charge in [-0.05, 0) is 13.0 Å². The van der Waals surface area contributed by atoms with E-state index in [1.54, 1.807) is 0 Å². The van der Waals surface area contributed by atoms with Crippen LogP contribution < -0.4 is 5.32 Å². The van der Waals surface area contributed by atoms with Crippen LogP contribution in [0.4, 0.5) is 0 Å². The molecule has 1 aliphatic rings. The van der Waals surface area contributed by atoms with Gasteiger partial charge in [-0.2, -0.15) is 0 Å². The van der Waals surface area contributed by atoms with Crippen LogP contribution >= 0.6 is 0 Å². The molecule has 1 unspecified atom stereocenters. The number of nitrogens with zero attached hydrogens (tertiary/aromatic N) is 1. The van der Waals surface area contributed by atoms with E-state index in [9.17, 15) is 4.79 Å². The fourth-order valence-corrected chi connectivity index (χ4v) is 2.35. The average Bonchev–Trinajstić information content (AvgIpc) is 2.34. The fraction of sp³-hybridized carbons (Fsp3) is 0.923. The maximum absolute atomic E-state index is 11.1. The SMILES string of the molecule is CCCCCCCCN1CCNCC1C(=O)O. The van der Waals surface area contributed by atoms with Crippen LogP contribution in [0.15, 0.2) is 0 Å². The number of nitrogens with one attached hydrogen (secondary N) is 1. The number of piperazine rings is 1. The van der Waals surface area contributed by atoms with E-state index in [0.717, 1.165) is 26.1 Å². The molecule has 0 aromatic carbocycles. The van der Waals surface area contributed by atoms with Gasteiger partial charge in [-0.15, -0.1) is 0 Å². The highest BCUT2D eigenvalue weighted by Crippen LogP contribution is 2.09. The van der Waals surface area contributed by atoms with E-state index in [1.807, 2.05) is 0 Å². The first-order chi connectivity index (χ1) is 8.25. The summed E-state index contributed by atoms with van der Waals surface area (Å²) in [5, 5.41) is 12.2. The van der Waals surface area contributed by atoms with Gasteiger partial charge in [0, 0.05) is 19.6 Å². The lowest BCUT2D eigenvalue weighted by Gasteiger charge is -2.33. The highest BCUT2D eigenvalue weighted by atomic mass is 16.4. The maximum Gasteiger partial charge on any atom is 0.322 e. The van der Waals surface area contributed by atoms with Crippen molar-refractivity contribution in [1.82, 2.24) is 10.2 Å². The van der Waals surface area contributed by atoms with Gasteiger partial charge in [0.05, 0.1) is 0 Å². The zero-order valence-electron chi connectivity index (χ0n) is 11.0. The zero-order valence-corrected chi connectivity index (χ0v) is 11.0. The topological polar surface area (TPSA) is 52.6 Å². The van der Waals surface area contributed by atoms with E-state index >= 15 is 0 Å². The normalized spacial score (nSPS) is 21.6. The largest absolute Gasteiger partial charge is 0.480 e. The average molecular weight is 242 g/mol. The Morgan fingerprint density at radius 1 is 1.29 bits per heavy atom. The van der Waals surface area contributed by atoms with Crippen LogP contribution in [0.25, 0.3) is 0 Å². The minimum Gasteiger partial charge on any atom is -0.480 e. The molecule has 0 radical (unpaired) electrons. The van der Waals surface area contributed by atoms with Crippen LogP contribution in [0.5, 0.6) is 0 Å². The Kier molecular flexibility index (Phi) is 7.21. The van der Waals surface area contributed by atoms with Crippen molar-refractivity contribution < 1.29 is 9.90 Å². The van der Waals surface area contributed by atoms with Crippen LogP contribution in [0.3, 0.4) is 0 Å². The van der Waals surface area contributed by atoms with Crippen LogP contribution in [0, 0.1) is 0 Å². The monoisotopic (exact) mass is 242 g/mol. The van der Waals surface area contributed by atoms with Gasteiger partial charge >= 0.3 is 5.97 Å². The molecule has 0 spiro atoms. The predicted molar refractivity (Wildman–Crippen MR) is 69.2 cm³/mol. The van der Waals surface area contributed by atoms with Gasteiger partial charge in [-0.3, -0.25) is 9.69 Å². The standard InChI is InChI=1S/C13H26N2O2/c1-2-3-4-5-6-7-9-15-10-8-14-11-12(15)13(16)17/h12,14H,2-11H2,1H3,(H,16,17). The summed E-state index contributed by atoms with van der Waals surface area (Å²) in [4.78, 5) is 13.2. The van der Waals surface area contributed by atoms with Gasteiger partial charge in [-0.1, -0.05) is 39.0 Å². The molecule has 1 aliphatic heterocycles. The number of rotatable bonds is 8. The van der Waals surface area contributed by atoms with Gasteiger partial charge in [-0.25, -0.2) is 0 Å². The Labute approximate surface area is 104 Å². The van der Waals surface area contributed by atoms with Crippen molar-refractivity contribution in [3.8, 4) is 0 Å². The molecule has 1 fully saturated rings. The number of carboxylic acid groups (broad SMARTS) is 1. The molecule has 4 nitrogen and oxygen atoms in total. The second kappa shape index (κ2) is 8.48. The molecule has 0 bridgehead atoms. The molecule has 17 heavy (non-hydrogen) atoms. The molecule has 1 heterocycles. The number of hydrogen-bond donors (Lipinski definition) is 2. The highest BCUT2D eigenvalue weighted by Gasteiger charge is 2.27. The molecule has 0 aliphatic carbocycles. The van der Waals surface area contributed by atoms with Gasteiger partial charge in [0.15, 0.2) is 0 Å². The fourth-order valence-electron chi connectivity index (χ4n) is 2.35. The summed E-state index contributed by atoms with van der Waals surface area (Å²) in [6, 6.07) is -0.320. The summed E-state index contributed by atoms with van der Waals surface area (Å²) >= 11 is 0. The quantitative estimate of drug-likeness (QED) is 0.636. The lowest BCUT2D eigenvalue weighted by molar-refractivity contribution is -0.143. The second-order valence-electron chi connectivity index (χ2n) is 4.86. The number of hydrogen-bond acceptors (Lipinski definition) is 3. The Morgan fingerprint density at radius 2 is 2.00 bits per heavy atom. The van der Waals surface area contributed by atoms with Gasteiger partial charge in [0.25, 0.3) is 0 Å². The van der Waals surface area contributed by atoms with Crippen molar-refractivity contribution in [1.29, 1.82) is 0 Å². The summed E-state index contributed by atoms with van der Waals surface area (Å²) in [6.45, 7) is 5.53. The molecule has 1 saturated heterocycles. The highest BCUT2D eigenvalue weighted by molar-refractivity contribution is 5.73. The van der Waals surface area contributed by atoms with Crippen molar-refractivity contribution in [3.63, 3.8) is 0 Å². The molecule has 1 rings (SSSR count). The molecule has 0 aromatic heterocycles. The molecule has 2 N–H and O–H groups in total. The first-order valence-corrected chi connectivity index (χ1v) is 6.93. The van der Waals surface area contributed by atoms with E-state index in [4.69, 9.17) is 5.11 Å². The number of unbranched alkanes of at least 4 members (excludes halogenated alkanes) is 5. The zero-order chi connectivity index (χ0) is 12.5. The second-order valence-corrected chi connectivity index (χ2v) is 4.86. The Hall–Kier alpha value is -0.610. The molecular formula is C13H26N2O2. The van der Waals surface area contributed by atoms with E-state index in [2.05, 4.69) is 17.1 Å². The van der Waals surface area contributed by atoms with Crippen LogP contribution in [0.1, 0.15) is 45.4 Å². The summed E-state index contributed by atoms with van der Waals surface area (Å²) in [5.41, 5.74) is 0. The summed E-state index contributed by atoms with van der Waals surface area (Å²) in [5.74, 6) is -0.691. The molecule has 4 heteroatoms. The molecule has 100 valence electrons. The van der Waals surface area contributed by atoms with Crippen molar-refractivity contribution in [2.24, 2.45) is 0 Å². The molecule has 0 amide bonds. The summed E-state index contributed by atoms with van der Waals surface area (Å²) in [7, 11) is 0. The third kappa shape index (κ3) is 5.50. The lowest BCUT2D eigenvalue weighted by atomic mass is 10.1. The van der Waals surface area contributed by atoms with Crippen molar-refractivity contribution in [3.05, 3.63) is 0 Å². The maximum atomic E-state index is 11.1. The molecule has 0 aromatic rings. The van der Waals surface area contributed by atoms with Gasteiger partial charge in [0.1, 0.15) is 6.04 Å². The van der Waals surface area contributed by atoms with Crippen molar-refractivity contribution in [2.75, 3.05) is 26.2 Å². The number of carbonyl (C=O) groups is 1. The van der Waals surface area contributed by atoms with Gasteiger partial charge < -0.3 is 10.4 Å². The van der Waals surface area contributed by atoms with E-state index in [1.165, 1.54) is 32.1 Å². The van der Waals surface area contributed by atoms with Crippen molar-refractivity contribution in [2.45, 2.75) is 51.5 Å². The summed E-state index contributed by atoms with van der Waals surface area (Å²) in [6.07, 6.45) is 7.58. The predicted octanol–water partition coefficient (Wildman–Crippen LogP) is 1.71.